The molecule has 0 aromatic carbocycles. The van der Waals surface area contributed by atoms with Crippen molar-refractivity contribution < 1.29 is 69.0 Å². The minimum Gasteiger partial charge on any atom is -0.394 e. The van der Waals surface area contributed by atoms with Gasteiger partial charge in [0.25, 0.3) is 0 Å². The SMILES string of the molecule is C[C@@H]1CC[C@@]2(OC1)O[C@H]1C[C@H]3[C@@H]4CC[C@@H]5C[C@@H](O[C@@H]6O[C@H](CO)[C@H](O)[C@H](O)[C@H]6O[C@@H]6O[C@H](CO)[C@@H](O)[C@H](O)[C@H]6O)CC[C@]5(C)[C@H]4CC(=O)[C@]3(C)[C@H]1[C@@H]2C. The highest BCUT2D eigenvalue weighted by Gasteiger charge is 2.72. The van der Waals surface area contributed by atoms with Crippen molar-refractivity contribution in [2.75, 3.05) is 19.8 Å². The Bertz CT molecular complexity index is 1340. The Morgan fingerprint density at radius 2 is 1.47 bits per heavy atom. The lowest BCUT2D eigenvalue weighted by Crippen LogP contribution is -2.65. The Morgan fingerprint density at radius 3 is 2.15 bits per heavy atom. The van der Waals surface area contributed by atoms with Crippen molar-refractivity contribution in [2.24, 2.45) is 52.3 Å². The van der Waals surface area contributed by atoms with E-state index >= 15 is 0 Å². The maximum Gasteiger partial charge on any atom is 0.187 e. The molecule has 14 nitrogen and oxygen atoms in total. The zero-order valence-corrected chi connectivity index (χ0v) is 31.4. The molecular weight excluding hydrogens is 692 g/mol. The number of rotatable bonds is 6. The third-order valence-electron chi connectivity index (χ3n) is 16.0. The van der Waals surface area contributed by atoms with E-state index in [1.165, 1.54) is 0 Å². The summed E-state index contributed by atoms with van der Waals surface area (Å²) in [5.41, 5.74) is -0.496. The van der Waals surface area contributed by atoms with Crippen LogP contribution in [0.2, 0.25) is 0 Å². The van der Waals surface area contributed by atoms with Crippen LogP contribution in [0.25, 0.3) is 0 Å². The Kier molecular flexibility index (Phi) is 10.5. The highest BCUT2D eigenvalue weighted by atomic mass is 16.8. The number of carbonyl (C=O) groups excluding carboxylic acids is 1. The maximum atomic E-state index is 14.5. The lowest BCUT2D eigenvalue weighted by atomic mass is 9.44. The first-order chi connectivity index (χ1) is 25.2. The van der Waals surface area contributed by atoms with Crippen LogP contribution in [0.3, 0.4) is 0 Å². The number of ketones is 1. The van der Waals surface area contributed by atoms with Gasteiger partial charge in [0, 0.05) is 30.1 Å². The summed E-state index contributed by atoms with van der Waals surface area (Å²) in [5, 5.41) is 72.6. The van der Waals surface area contributed by atoms with Crippen molar-refractivity contribution in [1.82, 2.24) is 0 Å². The van der Waals surface area contributed by atoms with E-state index < -0.39 is 85.8 Å². The second-order valence-electron chi connectivity index (χ2n) is 18.6. The van der Waals surface area contributed by atoms with Gasteiger partial charge in [-0.25, -0.2) is 0 Å². The largest absolute Gasteiger partial charge is 0.394 e. The molecule has 4 aliphatic heterocycles. The molecule has 22 atom stereocenters. The molecular formula is C39H62O14. The molecule has 4 saturated carbocycles. The third kappa shape index (κ3) is 6.03. The zero-order chi connectivity index (χ0) is 37.8. The molecule has 0 unspecified atom stereocenters. The monoisotopic (exact) mass is 754 g/mol. The van der Waals surface area contributed by atoms with Gasteiger partial charge in [0.15, 0.2) is 18.4 Å². The number of hydrogen-bond donors (Lipinski definition) is 7. The Balaban J connectivity index is 0.959. The number of hydrogen-bond acceptors (Lipinski definition) is 14. The van der Waals surface area contributed by atoms with Gasteiger partial charge >= 0.3 is 0 Å². The molecule has 1 spiro atoms. The number of Topliss-reactive ketones (excluding diaryl/α,β-unsaturated/α-hetero) is 1. The standard InChI is InChI=1S/C39H62O14/c1-17-7-10-39(48-16-17)18(2)28-24(53-39)12-23-21-6-5-19-11-20(8-9-37(19,3)22(21)13-27(42)38(23,28)4)49-36-34(32(46)30(44)26(15-41)51-36)52-35-33(47)31(45)29(43)25(14-40)50-35/h17-26,28-36,40-41,43-47H,5-16H2,1-4H3/t17-,18+,19-,20+,21-,22+,23+,24+,25-,26-,28+,29-,30+,31+,32+,33-,34-,35+,36-,37+,38-,39-/m1/s1. The van der Waals surface area contributed by atoms with E-state index in [4.69, 9.17) is 28.4 Å². The lowest BCUT2D eigenvalue weighted by molar-refractivity contribution is -0.373. The third-order valence-corrected chi connectivity index (χ3v) is 16.0. The summed E-state index contributed by atoms with van der Waals surface area (Å²) in [7, 11) is 0. The quantitative estimate of drug-likeness (QED) is 0.185. The fourth-order valence-electron chi connectivity index (χ4n) is 12.9. The lowest BCUT2D eigenvalue weighted by Gasteiger charge is -2.60. The van der Waals surface area contributed by atoms with E-state index in [1.54, 1.807) is 0 Å². The van der Waals surface area contributed by atoms with E-state index in [9.17, 15) is 40.5 Å². The van der Waals surface area contributed by atoms with Gasteiger partial charge in [-0.15, -0.1) is 0 Å². The predicted molar refractivity (Wildman–Crippen MR) is 183 cm³/mol. The molecule has 53 heavy (non-hydrogen) atoms. The molecule has 4 heterocycles. The van der Waals surface area contributed by atoms with Gasteiger partial charge in [-0.05, 0) is 80.0 Å². The molecule has 0 aromatic heterocycles. The average Bonchev–Trinajstić information content (AvgIpc) is 3.59. The highest BCUT2D eigenvalue weighted by molar-refractivity contribution is 5.87. The van der Waals surface area contributed by atoms with Crippen molar-refractivity contribution >= 4 is 5.78 Å². The molecule has 0 aromatic rings. The molecule has 4 aliphatic carbocycles. The molecule has 8 rings (SSSR count). The molecule has 14 heteroatoms. The highest BCUT2D eigenvalue weighted by Crippen LogP contribution is 2.70. The van der Waals surface area contributed by atoms with Crippen molar-refractivity contribution in [3.8, 4) is 0 Å². The van der Waals surface area contributed by atoms with Crippen LogP contribution < -0.4 is 0 Å². The summed E-state index contributed by atoms with van der Waals surface area (Å²) < 4.78 is 37.2. The minimum atomic E-state index is -1.74. The van der Waals surface area contributed by atoms with Crippen LogP contribution in [0.15, 0.2) is 0 Å². The molecule has 302 valence electrons. The Morgan fingerprint density at radius 1 is 0.774 bits per heavy atom. The van der Waals surface area contributed by atoms with Crippen LogP contribution >= 0.6 is 0 Å². The van der Waals surface area contributed by atoms with Gasteiger partial charge in [-0.3, -0.25) is 4.79 Å². The normalized spacial score (nSPS) is 58.2. The van der Waals surface area contributed by atoms with E-state index in [2.05, 4.69) is 27.7 Å². The first-order valence-electron chi connectivity index (χ1n) is 20.3. The molecule has 0 bridgehead atoms. The summed E-state index contributed by atoms with van der Waals surface area (Å²) in [5.74, 6) is 1.89. The smallest absolute Gasteiger partial charge is 0.187 e. The van der Waals surface area contributed by atoms with Crippen LogP contribution in [0.4, 0.5) is 0 Å². The summed E-state index contributed by atoms with van der Waals surface area (Å²) in [4.78, 5) is 14.5. The van der Waals surface area contributed by atoms with E-state index in [1.807, 2.05) is 0 Å². The molecule has 8 aliphatic rings. The summed E-state index contributed by atoms with van der Waals surface area (Å²) in [6.45, 7) is 8.51. The first kappa shape index (κ1) is 39.0. The Hall–Kier alpha value is -0.850. The summed E-state index contributed by atoms with van der Waals surface area (Å²) in [6, 6.07) is 0. The number of fused-ring (bicyclic) bond motifs is 7. The summed E-state index contributed by atoms with van der Waals surface area (Å²) >= 11 is 0. The van der Waals surface area contributed by atoms with Gasteiger partial charge in [-0.1, -0.05) is 27.7 Å². The number of ether oxygens (including phenoxy) is 6. The van der Waals surface area contributed by atoms with Gasteiger partial charge in [-0.2, -0.15) is 0 Å². The van der Waals surface area contributed by atoms with E-state index in [0.717, 1.165) is 38.5 Å². The molecule has 0 amide bonds. The maximum absolute atomic E-state index is 14.5. The topological polar surface area (TPSA) is 214 Å². The van der Waals surface area contributed by atoms with Crippen molar-refractivity contribution in [3.05, 3.63) is 0 Å². The second-order valence-corrected chi connectivity index (χ2v) is 18.6. The number of aliphatic hydroxyl groups excluding tert-OH is 7. The first-order valence-corrected chi connectivity index (χ1v) is 20.3. The second kappa shape index (κ2) is 14.2. The van der Waals surface area contributed by atoms with Crippen LogP contribution in [0.1, 0.15) is 85.5 Å². The van der Waals surface area contributed by atoms with E-state index in [-0.39, 0.29) is 47.2 Å². The fourth-order valence-corrected chi connectivity index (χ4v) is 12.9. The average molecular weight is 755 g/mol. The van der Waals surface area contributed by atoms with Crippen molar-refractivity contribution in [3.63, 3.8) is 0 Å². The van der Waals surface area contributed by atoms with Crippen molar-refractivity contribution in [1.29, 1.82) is 0 Å². The molecule has 7 N–H and O–H groups in total. The molecule has 8 fully saturated rings. The van der Waals surface area contributed by atoms with Gasteiger partial charge < -0.3 is 64.2 Å². The van der Waals surface area contributed by atoms with Crippen LogP contribution in [0, 0.1) is 52.3 Å². The predicted octanol–water partition coefficient (Wildman–Crippen LogP) is 0.621. The van der Waals surface area contributed by atoms with Gasteiger partial charge in [0.1, 0.15) is 54.6 Å². The minimum absolute atomic E-state index is 0.0380. The molecule has 0 radical (unpaired) electrons. The fraction of sp³-hybridized carbons (Fsp3) is 0.974. The zero-order valence-electron chi connectivity index (χ0n) is 31.4. The van der Waals surface area contributed by atoms with Gasteiger partial charge in [0.05, 0.1) is 32.0 Å². The van der Waals surface area contributed by atoms with Gasteiger partial charge in [0.2, 0.25) is 0 Å². The number of aliphatic hydroxyl groups is 7. The van der Waals surface area contributed by atoms with Crippen molar-refractivity contribution in [2.45, 2.75) is 165 Å². The summed E-state index contributed by atoms with van der Waals surface area (Å²) in [6.07, 6.45) is -7.55. The van der Waals surface area contributed by atoms with E-state index in [0.29, 0.717) is 43.5 Å². The molecule has 4 saturated heterocycles. The number of carbonyl (C=O) groups is 1. The van der Waals surface area contributed by atoms with Crippen LogP contribution in [-0.2, 0) is 33.2 Å². The Labute approximate surface area is 311 Å². The van der Waals surface area contributed by atoms with Crippen LogP contribution in [0.5, 0.6) is 0 Å². The van der Waals surface area contributed by atoms with Crippen LogP contribution in [-0.4, -0.2) is 141 Å².